The van der Waals surface area contributed by atoms with E-state index in [-0.39, 0.29) is 5.56 Å². The number of piperazine rings is 1. The smallest absolute Gasteiger partial charge is 0.303 e. The zero-order valence-corrected chi connectivity index (χ0v) is 15.1. The molecule has 2 aliphatic rings. The summed E-state index contributed by atoms with van der Waals surface area (Å²) in [5.41, 5.74) is 1.73. The van der Waals surface area contributed by atoms with Crippen molar-refractivity contribution in [3.63, 3.8) is 0 Å². The van der Waals surface area contributed by atoms with Gasteiger partial charge < -0.3 is 14.5 Å². The minimum absolute atomic E-state index is 0.159. The van der Waals surface area contributed by atoms with E-state index >= 15 is 0 Å². The number of nitrogens with one attached hydrogen (secondary N) is 1. The number of benzene rings is 2. The van der Waals surface area contributed by atoms with Gasteiger partial charge in [-0.15, -0.1) is 0 Å². The van der Waals surface area contributed by atoms with Crippen LogP contribution in [0.15, 0.2) is 42.5 Å². The van der Waals surface area contributed by atoms with Gasteiger partial charge in [0.05, 0.1) is 50.2 Å². The number of ketones is 1. The maximum atomic E-state index is 13.4. The van der Waals surface area contributed by atoms with E-state index in [2.05, 4.69) is 4.90 Å². The summed E-state index contributed by atoms with van der Waals surface area (Å²) in [4.78, 5) is 29.4. The van der Waals surface area contributed by atoms with Crippen LogP contribution in [0.5, 0.6) is 5.75 Å². The summed E-state index contributed by atoms with van der Waals surface area (Å²) in [5, 5.41) is 0. The molecular formula is C20H21FN3O3+. The summed E-state index contributed by atoms with van der Waals surface area (Å²) < 4.78 is 18.8. The Kier molecular flexibility index (Phi) is 4.53. The second-order valence-corrected chi connectivity index (χ2v) is 6.79. The Hall–Kier alpha value is -2.93. The topological polar surface area (TPSA) is 54.3 Å². The van der Waals surface area contributed by atoms with Crippen molar-refractivity contribution >= 4 is 23.1 Å². The summed E-state index contributed by atoms with van der Waals surface area (Å²) in [5.74, 6) is -0.862. The monoisotopic (exact) mass is 370 g/mol. The number of halogens is 1. The van der Waals surface area contributed by atoms with Crippen LogP contribution in [0.2, 0.25) is 0 Å². The predicted octanol–water partition coefficient (Wildman–Crippen LogP) is 0.726. The number of ether oxygens (including phenoxy) is 1. The first-order chi connectivity index (χ1) is 13.1. The first kappa shape index (κ1) is 17.5. The molecule has 6 nitrogen and oxygen atoms in total. The number of anilines is 2. The van der Waals surface area contributed by atoms with Gasteiger partial charge in [0.25, 0.3) is 5.78 Å². The predicted molar refractivity (Wildman–Crippen MR) is 99.0 cm³/mol. The highest BCUT2D eigenvalue weighted by molar-refractivity contribution is 6.52. The Morgan fingerprint density at radius 3 is 2.56 bits per heavy atom. The quantitative estimate of drug-likeness (QED) is 0.807. The largest absolute Gasteiger partial charge is 0.495 e. The van der Waals surface area contributed by atoms with Gasteiger partial charge in [-0.3, -0.25) is 14.5 Å². The molecule has 0 radical (unpaired) electrons. The lowest BCUT2D eigenvalue weighted by Gasteiger charge is -2.35. The molecule has 0 aromatic heterocycles. The number of fused-ring (bicyclic) bond motifs is 1. The van der Waals surface area contributed by atoms with E-state index in [1.807, 2.05) is 24.3 Å². The van der Waals surface area contributed by atoms with Gasteiger partial charge in [-0.1, -0.05) is 12.1 Å². The Balaban J connectivity index is 1.44. The van der Waals surface area contributed by atoms with E-state index in [1.165, 1.54) is 21.9 Å². The van der Waals surface area contributed by atoms with Crippen LogP contribution in [0.3, 0.4) is 0 Å². The second-order valence-electron chi connectivity index (χ2n) is 6.79. The van der Waals surface area contributed by atoms with Crippen molar-refractivity contribution in [1.29, 1.82) is 0 Å². The van der Waals surface area contributed by atoms with Crippen molar-refractivity contribution in [2.75, 3.05) is 49.8 Å². The maximum absolute atomic E-state index is 13.4. The number of rotatable bonds is 4. The van der Waals surface area contributed by atoms with Gasteiger partial charge in [0.1, 0.15) is 11.6 Å². The third-order valence-electron chi connectivity index (χ3n) is 5.21. The number of Topliss-reactive ketones (excluding diaryl/α,β-unsaturated/α-hetero) is 1. The molecule has 1 saturated heterocycles. The Bertz CT molecular complexity index is 894. The number of carbonyl (C=O) groups is 2. The van der Waals surface area contributed by atoms with Gasteiger partial charge >= 0.3 is 5.91 Å². The summed E-state index contributed by atoms with van der Waals surface area (Å²) in [6.07, 6.45) is 0. The van der Waals surface area contributed by atoms with Crippen LogP contribution in [0.25, 0.3) is 0 Å². The van der Waals surface area contributed by atoms with Crippen LogP contribution in [0.4, 0.5) is 15.8 Å². The van der Waals surface area contributed by atoms with Gasteiger partial charge in [-0.25, -0.2) is 4.39 Å². The summed E-state index contributed by atoms with van der Waals surface area (Å²) in [6.45, 7) is 3.70. The van der Waals surface area contributed by atoms with Crippen molar-refractivity contribution in [3.8, 4) is 5.75 Å². The number of hydrogen-bond acceptors (Lipinski definition) is 4. The fourth-order valence-corrected chi connectivity index (χ4v) is 3.77. The molecule has 27 heavy (non-hydrogen) atoms. The fourth-order valence-electron chi connectivity index (χ4n) is 3.77. The zero-order chi connectivity index (χ0) is 19.0. The lowest BCUT2D eigenvalue weighted by atomic mass is 10.1. The molecule has 4 rings (SSSR count). The van der Waals surface area contributed by atoms with Crippen molar-refractivity contribution in [1.82, 2.24) is 0 Å². The molecule has 0 saturated carbocycles. The molecule has 140 valence electrons. The molecule has 7 heteroatoms. The molecule has 0 spiro atoms. The van der Waals surface area contributed by atoms with E-state index in [0.717, 1.165) is 43.7 Å². The number of nitrogens with zero attached hydrogens (tertiary/aromatic N) is 2. The van der Waals surface area contributed by atoms with E-state index in [4.69, 9.17) is 4.74 Å². The first-order valence-corrected chi connectivity index (χ1v) is 8.96. The molecule has 2 heterocycles. The Morgan fingerprint density at radius 2 is 1.81 bits per heavy atom. The minimum atomic E-state index is -0.628. The third-order valence-corrected chi connectivity index (χ3v) is 5.21. The number of hydrogen-bond donors (Lipinski definition) is 1. The molecule has 2 aromatic carbocycles. The highest BCUT2D eigenvalue weighted by atomic mass is 19.1. The van der Waals surface area contributed by atoms with E-state index < -0.39 is 17.5 Å². The average Bonchev–Trinajstić information content (AvgIpc) is 2.93. The lowest BCUT2D eigenvalue weighted by Crippen LogP contribution is -3.16. The van der Waals surface area contributed by atoms with Crippen molar-refractivity contribution in [3.05, 3.63) is 53.8 Å². The van der Waals surface area contributed by atoms with Crippen LogP contribution in [0.1, 0.15) is 10.4 Å². The Labute approximate surface area is 156 Å². The standard InChI is InChI=1S/C20H20FN3O3/c1-27-18-5-3-2-4-17(18)23-10-8-22(9-11-23)13-24-16-7-6-14(21)12-15(16)19(25)20(24)26/h2-7,12H,8-11,13H2,1H3/p+1. The molecular weight excluding hydrogens is 349 g/mol. The van der Waals surface area contributed by atoms with Gasteiger partial charge in [-0.05, 0) is 30.3 Å². The van der Waals surface area contributed by atoms with E-state index in [1.54, 1.807) is 7.11 Å². The summed E-state index contributed by atoms with van der Waals surface area (Å²) in [7, 11) is 1.66. The number of methoxy groups -OCH3 is 1. The molecule has 1 N–H and O–H groups in total. The third kappa shape index (κ3) is 3.14. The molecule has 0 unspecified atom stereocenters. The number of amides is 1. The van der Waals surface area contributed by atoms with E-state index in [0.29, 0.717) is 12.4 Å². The van der Waals surface area contributed by atoms with Gasteiger partial charge in [0.2, 0.25) is 0 Å². The van der Waals surface area contributed by atoms with Crippen molar-refractivity contribution in [2.45, 2.75) is 0 Å². The van der Waals surface area contributed by atoms with Crippen LogP contribution in [-0.4, -0.2) is 51.6 Å². The second kappa shape index (κ2) is 7.00. The molecule has 0 bridgehead atoms. The summed E-state index contributed by atoms with van der Waals surface area (Å²) >= 11 is 0. The summed E-state index contributed by atoms with van der Waals surface area (Å²) in [6, 6.07) is 11.9. The normalized spacial score (nSPS) is 17.4. The van der Waals surface area contributed by atoms with Crippen LogP contribution in [-0.2, 0) is 4.79 Å². The number of para-hydroxylation sites is 2. The highest BCUT2D eigenvalue weighted by Crippen LogP contribution is 2.29. The molecule has 0 aliphatic carbocycles. The molecule has 2 aliphatic heterocycles. The number of carbonyl (C=O) groups excluding carboxylic acids is 2. The van der Waals surface area contributed by atoms with Crippen molar-refractivity contribution in [2.24, 2.45) is 0 Å². The first-order valence-electron chi connectivity index (χ1n) is 8.96. The van der Waals surface area contributed by atoms with Gasteiger partial charge in [0.15, 0.2) is 6.67 Å². The van der Waals surface area contributed by atoms with Gasteiger partial charge in [0, 0.05) is 0 Å². The molecule has 0 atom stereocenters. The molecule has 1 amide bonds. The minimum Gasteiger partial charge on any atom is -0.495 e. The SMILES string of the molecule is COc1ccccc1N1CC[NH+](CN2C(=O)C(=O)c3cc(F)ccc32)CC1. The number of quaternary nitrogens is 1. The maximum Gasteiger partial charge on any atom is 0.303 e. The highest BCUT2D eigenvalue weighted by Gasteiger charge is 2.38. The molecule has 2 aromatic rings. The van der Waals surface area contributed by atoms with Crippen LogP contribution >= 0.6 is 0 Å². The fraction of sp³-hybridized carbons (Fsp3) is 0.300. The van der Waals surface area contributed by atoms with Crippen LogP contribution in [0, 0.1) is 5.82 Å². The zero-order valence-electron chi connectivity index (χ0n) is 15.1. The Morgan fingerprint density at radius 1 is 1.07 bits per heavy atom. The van der Waals surface area contributed by atoms with E-state index in [9.17, 15) is 14.0 Å². The van der Waals surface area contributed by atoms with Gasteiger partial charge in [-0.2, -0.15) is 0 Å². The van der Waals surface area contributed by atoms with Crippen molar-refractivity contribution < 1.29 is 23.6 Å². The molecule has 1 fully saturated rings. The lowest BCUT2D eigenvalue weighted by molar-refractivity contribution is -0.899. The average molecular weight is 370 g/mol. The van der Waals surface area contributed by atoms with Crippen LogP contribution < -0.4 is 19.4 Å².